The lowest BCUT2D eigenvalue weighted by Crippen LogP contribution is -2.23. The smallest absolute Gasteiger partial charge is 0.420 e. The molecule has 0 aliphatic carbocycles. The van der Waals surface area contributed by atoms with E-state index < -0.39 is 23.4 Å². The average molecular weight is 513 g/mol. The fourth-order valence-corrected chi connectivity index (χ4v) is 3.82. The van der Waals surface area contributed by atoms with E-state index in [4.69, 9.17) is 23.2 Å². The maximum absolute atomic E-state index is 13.9. The van der Waals surface area contributed by atoms with E-state index in [1.54, 1.807) is 0 Å². The van der Waals surface area contributed by atoms with Crippen LogP contribution in [0.2, 0.25) is 5.15 Å². The summed E-state index contributed by atoms with van der Waals surface area (Å²) in [5, 5.41) is 12.6. The standard InChI is InChI=1S/C22H17Cl2F3N4O3/c23-19-17(8-13(25)10-28-19)18-7-12(9-29-20(18)31-6-5-15(32)11-31)21(33)30-14-1-3-16(4-2-14)34-22(24,26)27/h1-4,7-10,15,32H,5-6,11H2,(H,30,33). The summed E-state index contributed by atoms with van der Waals surface area (Å²) in [4.78, 5) is 22.9. The van der Waals surface area contributed by atoms with Crippen molar-refractivity contribution in [3.63, 3.8) is 0 Å². The van der Waals surface area contributed by atoms with Crippen molar-refractivity contribution < 1.29 is 27.8 Å². The van der Waals surface area contributed by atoms with Crippen LogP contribution in [-0.2, 0) is 0 Å². The van der Waals surface area contributed by atoms with Crippen LogP contribution in [-0.4, -0.2) is 45.7 Å². The highest BCUT2D eigenvalue weighted by Crippen LogP contribution is 2.36. The summed E-state index contributed by atoms with van der Waals surface area (Å²) in [6.07, 6.45) is 2.31. The van der Waals surface area contributed by atoms with Crippen LogP contribution in [0.5, 0.6) is 5.75 Å². The Morgan fingerprint density at radius 3 is 2.56 bits per heavy atom. The molecular formula is C22H17Cl2F3N4O3. The molecule has 34 heavy (non-hydrogen) atoms. The number of rotatable bonds is 6. The van der Waals surface area contributed by atoms with Crippen LogP contribution in [0.1, 0.15) is 16.8 Å². The Bertz CT molecular complexity index is 1210. The van der Waals surface area contributed by atoms with Gasteiger partial charge in [-0.1, -0.05) is 11.6 Å². The van der Waals surface area contributed by atoms with Crippen LogP contribution in [0.4, 0.5) is 24.7 Å². The molecule has 2 aromatic heterocycles. The van der Waals surface area contributed by atoms with Gasteiger partial charge in [-0.15, -0.1) is 8.78 Å². The van der Waals surface area contributed by atoms with E-state index in [1.165, 1.54) is 42.6 Å². The third-order valence-electron chi connectivity index (χ3n) is 5.03. The van der Waals surface area contributed by atoms with Gasteiger partial charge in [-0.25, -0.2) is 14.4 Å². The molecular weight excluding hydrogens is 496 g/mol. The zero-order valence-electron chi connectivity index (χ0n) is 17.3. The molecule has 3 aromatic rings. The number of aliphatic hydroxyl groups excluding tert-OH is 1. The number of hydrogen-bond acceptors (Lipinski definition) is 6. The molecule has 1 unspecified atom stereocenters. The molecule has 1 amide bonds. The number of β-amino-alcohol motifs (C(OH)–C–C–N with tert-alkyl or cyclic N) is 1. The number of hydrogen-bond donors (Lipinski definition) is 2. The van der Waals surface area contributed by atoms with Crippen LogP contribution in [0.25, 0.3) is 11.1 Å². The van der Waals surface area contributed by atoms with Crippen LogP contribution in [0.15, 0.2) is 48.8 Å². The number of amides is 1. The number of nitrogens with zero attached hydrogens (tertiary/aromatic N) is 3. The molecule has 1 aromatic carbocycles. The summed E-state index contributed by atoms with van der Waals surface area (Å²) in [5.74, 6) is -0.941. The number of anilines is 2. The third kappa shape index (κ3) is 5.69. The molecule has 1 aliphatic rings. The fraction of sp³-hybridized carbons (Fsp3) is 0.227. The summed E-state index contributed by atoms with van der Waals surface area (Å²) in [5.41, 5.74) is -2.82. The van der Waals surface area contributed by atoms with Crippen LogP contribution >= 0.6 is 23.2 Å². The van der Waals surface area contributed by atoms with Gasteiger partial charge in [0.05, 0.1) is 17.9 Å². The van der Waals surface area contributed by atoms with Crippen molar-refractivity contribution in [2.75, 3.05) is 23.3 Å². The molecule has 1 saturated heterocycles. The molecule has 1 fully saturated rings. The lowest BCUT2D eigenvalue weighted by Gasteiger charge is -2.21. The number of ether oxygens (including phenoxy) is 1. The summed E-state index contributed by atoms with van der Waals surface area (Å²) in [7, 11) is 0. The summed E-state index contributed by atoms with van der Waals surface area (Å²) >= 11 is 11.0. The van der Waals surface area contributed by atoms with Gasteiger partial charge in [0.2, 0.25) is 0 Å². The molecule has 4 rings (SSSR count). The van der Waals surface area contributed by atoms with E-state index >= 15 is 0 Å². The zero-order chi connectivity index (χ0) is 24.5. The first-order valence-electron chi connectivity index (χ1n) is 10.0. The molecule has 0 radical (unpaired) electrons. The van der Waals surface area contributed by atoms with Crippen LogP contribution in [0.3, 0.4) is 0 Å². The number of carbonyl (C=O) groups excluding carboxylic acids is 1. The first-order chi connectivity index (χ1) is 16.1. The highest BCUT2D eigenvalue weighted by molar-refractivity contribution is 6.32. The molecule has 1 atom stereocenters. The van der Waals surface area contributed by atoms with Gasteiger partial charge in [0.25, 0.3) is 5.91 Å². The monoisotopic (exact) mass is 512 g/mol. The van der Waals surface area contributed by atoms with Gasteiger partial charge in [-0.2, -0.15) is 0 Å². The molecule has 0 saturated carbocycles. The van der Waals surface area contributed by atoms with Crippen molar-refractivity contribution in [3.05, 3.63) is 65.3 Å². The quantitative estimate of drug-likeness (QED) is 0.359. The normalized spacial score (nSPS) is 15.9. The largest absolute Gasteiger partial charge is 0.487 e. The highest BCUT2D eigenvalue weighted by Gasteiger charge is 2.28. The van der Waals surface area contributed by atoms with Crippen molar-refractivity contribution in [1.82, 2.24) is 9.97 Å². The topological polar surface area (TPSA) is 87.6 Å². The minimum Gasteiger partial charge on any atom is -0.420 e. The van der Waals surface area contributed by atoms with Crippen LogP contribution in [0, 0.1) is 5.82 Å². The van der Waals surface area contributed by atoms with E-state index in [0.717, 1.165) is 6.20 Å². The highest BCUT2D eigenvalue weighted by atomic mass is 35.5. The average Bonchev–Trinajstić information content (AvgIpc) is 3.21. The van der Waals surface area contributed by atoms with E-state index in [1.807, 2.05) is 4.90 Å². The number of aromatic nitrogens is 2. The molecule has 7 nitrogen and oxygen atoms in total. The minimum atomic E-state index is -3.85. The Hall–Kier alpha value is -3.08. The molecule has 3 heterocycles. The van der Waals surface area contributed by atoms with E-state index in [-0.39, 0.29) is 22.0 Å². The Kier molecular flexibility index (Phi) is 6.83. The fourth-order valence-electron chi connectivity index (χ4n) is 3.52. The number of carbonyl (C=O) groups is 1. The maximum atomic E-state index is 13.9. The van der Waals surface area contributed by atoms with Gasteiger partial charge in [0.1, 0.15) is 22.5 Å². The van der Waals surface area contributed by atoms with Gasteiger partial charge < -0.3 is 20.1 Å². The lowest BCUT2D eigenvalue weighted by atomic mass is 10.1. The lowest BCUT2D eigenvalue weighted by molar-refractivity contribution is -0.0964. The predicted octanol–water partition coefficient (Wildman–Crippen LogP) is 4.93. The van der Waals surface area contributed by atoms with Crippen molar-refractivity contribution >= 4 is 40.6 Å². The van der Waals surface area contributed by atoms with E-state index in [9.17, 15) is 23.1 Å². The second-order valence-corrected chi connectivity index (χ2v) is 8.30. The van der Waals surface area contributed by atoms with Crippen molar-refractivity contribution in [1.29, 1.82) is 0 Å². The maximum Gasteiger partial charge on any atom is 0.487 e. The first-order valence-corrected chi connectivity index (χ1v) is 10.8. The summed E-state index contributed by atoms with van der Waals surface area (Å²) < 4.78 is 43.7. The molecule has 2 N–H and O–H groups in total. The van der Waals surface area contributed by atoms with Crippen molar-refractivity contribution in [3.8, 4) is 16.9 Å². The summed E-state index contributed by atoms with van der Waals surface area (Å²) in [6, 6.07) is 7.84. The van der Waals surface area contributed by atoms with Gasteiger partial charge in [-0.3, -0.25) is 4.79 Å². The molecule has 12 heteroatoms. The second kappa shape index (κ2) is 9.65. The van der Waals surface area contributed by atoms with Gasteiger partial charge in [0, 0.05) is 47.7 Å². The summed E-state index contributed by atoms with van der Waals surface area (Å²) in [6.45, 7) is 0.838. The van der Waals surface area contributed by atoms with Crippen molar-refractivity contribution in [2.45, 2.75) is 18.1 Å². The Labute approximate surface area is 202 Å². The number of aliphatic hydroxyl groups is 1. The van der Waals surface area contributed by atoms with Gasteiger partial charge >= 0.3 is 5.57 Å². The number of alkyl halides is 3. The molecule has 0 spiro atoms. The van der Waals surface area contributed by atoms with Gasteiger partial charge in [0.15, 0.2) is 0 Å². The van der Waals surface area contributed by atoms with E-state index in [2.05, 4.69) is 20.0 Å². The number of pyridine rings is 2. The zero-order valence-corrected chi connectivity index (χ0v) is 18.8. The number of benzene rings is 1. The Morgan fingerprint density at radius 2 is 1.91 bits per heavy atom. The molecule has 0 bridgehead atoms. The molecule has 1 aliphatic heterocycles. The van der Waals surface area contributed by atoms with Crippen LogP contribution < -0.4 is 15.0 Å². The minimum absolute atomic E-state index is 0.0217. The number of halogens is 5. The SMILES string of the molecule is O=C(Nc1ccc(OC(F)(F)Cl)cc1)c1cnc(N2CCC(O)C2)c(-c2cc(F)cnc2Cl)c1. The predicted molar refractivity (Wildman–Crippen MR) is 121 cm³/mol. The first kappa shape index (κ1) is 24.1. The Balaban J connectivity index is 1.63. The Morgan fingerprint density at radius 1 is 1.18 bits per heavy atom. The third-order valence-corrected chi connectivity index (χ3v) is 5.41. The number of nitrogens with one attached hydrogen (secondary N) is 1. The van der Waals surface area contributed by atoms with Crippen molar-refractivity contribution in [2.24, 2.45) is 0 Å². The molecule has 178 valence electrons. The van der Waals surface area contributed by atoms with Gasteiger partial charge in [-0.05, 0) is 42.8 Å². The van der Waals surface area contributed by atoms with E-state index in [0.29, 0.717) is 36.6 Å². The second-order valence-electron chi connectivity index (χ2n) is 7.50.